The molecule has 1 saturated carbocycles. The maximum atomic E-state index is 13.0. The number of thiophene rings is 1. The highest BCUT2D eigenvalue weighted by Crippen LogP contribution is 2.36. The maximum absolute atomic E-state index is 13.0. The molecule has 1 aromatic carbocycles. The van der Waals surface area contributed by atoms with Gasteiger partial charge in [-0.1, -0.05) is 0 Å². The number of rotatable bonds is 5. The normalized spacial score (nSPS) is 15.5. The van der Waals surface area contributed by atoms with Crippen molar-refractivity contribution in [2.75, 3.05) is 5.73 Å². The van der Waals surface area contributed by atoms with Crippen LogP contribution >= 0.6 is 27.3 Å². The van der Waals surface area contributed by atoms with E-state index in [-0.39, 0.29) is 10.9 Å². The first-order valence-electron chi connectivity index (χ1n) is 6.56. The molecule has 0 spiro atoms. The Hall–Kier alpha value is -0.890. The minimum absolute atomic E-state index is 0.100. The van der Waals surface area contributed by atoms with E-state index in [4.69, 9.17) is 5.73 Å². The van der Waals surface area contributed by atoms with E-state index in [1.807, 2.05) is 16.8 Å². The molecule has 2 aromatic rings. The molecule has 1 heterocycles. The number of halogens is 1. The minimum atomic E-state index is -3.56. The van der Waals surface area contributed by atoms with Crippen molar-refractivity contribution in [2.45, 2.75) is 30.3 Å². The lowest BCUT2D eigenvalue weighted by atomic mass is 10.3. The Balaban J connectivity index is 1.99. The number of nitrogens with two attached hydrogens (primary N) is 1. The van der Waals surface area contributed by atoms with Crippen molar-refractivity contribution in [1.29, 1.82) is 0 Å². The second-order valence-corrected chi connectivity index (χ2v) is 8.60. The number of hydrogen-bond donors (Lipinski definition) is 1. The van der Waals surface area contributed by atoms with Crippen molar-refractivity contribution in [2.24, 2.45) is 0 Å². The summed E-state index contributed by atoms with van der Waals surface area (Å²) in [5.74, 6) is 0. The van der Waals surface area contributed by atoms with Crippen molar-refractivity contribution in [3.8, 4) is 0 Å². The molecule has 0 saturated heterocycles. The number of anilines is 1. The van der Waals surface area contributed by atoms with Crippen LogP contribution in [0.1, 0.15) is 18.4 Å². The lowest BCUT2D eigenvalue weighted by Gasteiger charge is -2.22. The third kappa shape index (κ3) is 3.15. The SMILES string of the molecule is Nc1ccc(Br)c(S(=O)(=O)N(Cc2ccsc2)C2CC2)c1. The minimum Gasteiger partial charge on any atom is -0.399 e. The summed E-state index contributed by atoms with van der Waals surface area (Å²) in [6, 6.07) is 6.94. The molecule has 0 unspecified atom stereocenters. The topological polar surface area (TPSA) is 63.4 Å². The first-order chi connectivity index (χ1) is 9.98. The van der Waals surface area contributed by atoms with E-state index in [9.17, 15) is 8.42 Å². The molecule has 21 heavy (non-hydrogen) atoms. The van der Waals surface area contributed by atoms with Gasteiger partial charge in [-0.15, -0.1) is 0 Å². The third-order valence-electron chi connectivity index (χ3n) is 3.41. The monoisotopic (exact) mass is 386 g/mol. The van der Waals surface area contributed by atoms with E-state index < -0.39 is 10.0 Å². The Morgan fingerprint density at radius 3 is 2.71 bits per heavy atom. The molecule has 1 aromatic heterocycles. The van der Waals surface area contributed by atoms with Crippen molar-refractivity contribution < 1.29 is 8.42 Å². The molecular weight excluding hydrogens is 372 g/mol. The smallest absolute Gasteiger partial charge is 0.244 e. The summed E-state index contributed by atoms with van der Waals surface area (Å²) < 4.78 is 28.1. The molecule has 0 aliphatic heterocycles. The zero-order valence-corrected chi connectivity index (χ0v) is 14.4. The van der Waals surface area contributed by atoms with Crippen LogP contribution in [-0.4, -0.2) is 18.8 Å². The molecule has 1 fully saturated rings. The average molecular weight is 387 g/mol. The van der Waals surface area contributed by atoms with E-state index in [1.54, 1.807) is 27.8 Å². The van der Waals surface area contributed by atoms with Crippen LogP contribution in [0.4, 0.5) is 5.69 Å². The lowest BCUT2D eigenvalue weighted by Crippen LogP contribution is -2.32. The quantitative estimate of drug-likeness (QED) is 0.800. The van der Waals surface area contributed by atoms with E-state index in [1.165, 1.54) is 6.07 Å². The van der Waals surface area contributed by atoms with Crippen LogP contribution < -0.4 is 5.73 Å². The zero-order chi connectivity index (χ0) is 15.0. The number of hydrogen-bond acceptors (Lipinski definition) is 4. The summed E-state index contributed by atoms with van der Waals surface area (Å²) in [7, 11) is -3.56. The van der Waals surface area contributed by atoms with Crippen LogP contribution in [-0.2, 0) is 16.6 Å². The molecule has 4 nitrogen and oxygen atoms in total. The van der Waals surface area contributed by atoms with Gasteiger partial charge in [-0.25, -0.2) is 8.42 Å². The van der Waals surface area contributed by atoms with Crippen LogP contribution in [0.5, 0.6) is 0 Å². The second-order valence-electron chi connectivity index (χ2n) is 5.10. The molecule has 7 heteroatoms. The second kappa shape index (κ2) is 5.72. The molecule has 2 N–H and O–H groups in total. The fourth-order valence-electron chi connectivity index (χ4n) is 2.18. The van der Waals surface area contributed by atoms with Gasteiger partial charge in [0, 0.05) is 22.7 Å². The first-order valence-corrected chi connectivity index (χ1v) is 9.74. The molecule has 0 atom stereocenters. The van der Waals surface area contributed by atoms with Crippen molar-refractivity contribution in [1.82, 2.24) is 4.31 Å². The number of sulfonamides is 1. The fraction of sp³-hybridized carbons (Fsp3) is 0.286. The Morgan fingerprint density at radius 1 is 1.33 bits per heavy atom. The molecule has 0 bridgehead atoms. The van der Waals surface area contributed by atoms with Gasteiger partial charge < -0.3 is 5.73 Å². The maximum Gasteiger partial charge on any atom is 0.244 e. The fourth-order valence-corrected chi connectivity index (χ4v) is 5.47. The van der Waals surface area contributed by atoms with Crippen LogP contribution in [0, 0.1) is 0 Å². The van der Waals surface area contributed by atoms with Crippen molar-refractivity contribution in [3.63, 3.8) is 0 Å². The van der Waals surface area contributed by atoms with Crippen molar-refractivity contribution >= 4 is 43.0 Å². The molecule has 1 aliphatic carbocycles. The van der Waals surface area contributed by atoms with Gasteiger partial charge in [-0.05, 0) is 69.4 Å². The van der Waals surface area contributed by atoms with Gasteiger partial charge in [0.2, 0.25) is 10.0 Å². The van der Waals surface area contributed by atoms with Gasteiger partial charge in [0.05, 0.1) is 4.90 Å². The summed E-state index contributed by atoms with van der Waals surface area (Å²) in [5.41, 5.74) is 7.22. The standard InChI is InChI=1S/C14H15BrN2O2S2/c15-13-4-1-11(16)7-14(13)21(18,19)17(12-2-3-12)8-10-5-6-20-9-10/h1,4-7,9,12H,2-3,8,16H2. The summed E-state index contributed by atoms with van der Waals surface area (Å²) >= 11 is 4.90. The molecule has 0 amide bonds. The van der Waals surface area contributed by atoms with Crippen molar-refractivity contribution in [3.05, 3.63) is 45.1 Å². The highest BCUT2D eigenvalue weighted by molar-refractivity contribution is 9.10. The Morgan fingerprint density at radius 2 is 2.10 bits per heavy atom. The number of benzene rings is 1. The molecule has 3 rings (SSSR count). The summed E-state index contributed by atoms with van der Waals surface area (Å²) in [4.78, 5) is 0.240. The molecule has 0 radical (unpaired) electrons. The Kier molecular flexibility index (Phi) is 4.09. The summed E-state index contributed by atoms with van der Waals surface area (Å²) in [5, 5.41) is 3.95. The van der Waals surface area contributed by atoms with Gasteiger partial charge in [0.25, 0.3) is 0 Å². The highest BCUT2D eigenvalue weighted by Gasteiger charge is 2.38. The van der Waals surface area contributed by atoms with Gasteiger partial charge in [0.1, 0.15) is 0 Å². The van der Waals surface area contributed by atoms with Gasteiger partial charge in [0.15, 0.2) is 0 Å². The van der Waals surface area contributed by atoms with Crippen LogP contribution in [0.25, 0.3) is 0 Å². The summed E-state index contributed by atoms with van der Waals surface area (Å²) in [6.07, 6.45) is 1.84. The van der Waals surface area contributed by atoms with Crippen LogP contribution in [0.3, 0.4) is 0 Å². The average Bonchev–Trinajstić information content (AvgIpc) is 3.14. The lowest BCUT2D eigenvalue weighted by molar-refractivity contribution is 0.399. The van der Waals surface area contributed by atoms with Gasteiger partial charge in [-0.3, -0.25) is 0 Å². The zero-order valence-electron chi connectivity index (χ0n) is 11.2. The van der Waals surface area contributed by atoms with E-state index in [2.05, 4.69) is 15.9 Å². The number of nitrogen functional groups attached to an aromatic ring is 1. The predicted octanol–water partition coefficient (Wildman–Crippen LogP) is 3.45. The van der Waals surface area contributed by atoms with Crippen LogP contribution in [0.2, 0.25) is 0 Å². The molecule has 112 valence electrons. The largest absolute Gasteiger partial charge is 0.399 e. The number of nitrogens with zero attached hydrogens (tertiary/aromatic N) is 1. The molecule has 1 aliphatic rings. The Labute approximate surface area is 136 Å². The van der Waals surface area contributed by atoms with E-state index in [0.29, 0.717) is 16.7 Å². The van der Waals surface area contributed by atoms with E-state index >= 15 is 0 Å². The third-order valence-corrected chi connectivity index (χ3v) is 7.04. The van der Waals surface area contributed by atoms with Gasteiger partial charge >= 0.3 is 0 Å². The first kappa shape index (κ1) is 15.0. The van der Waals surface area contributed by atoms with Gasteiger partial charge in [-0.2, -0.15) is 15.6 Å². The Bertz CT molecular complexity index is 740. The summed E-state index contributed by atoms with van der Waals surface area (Å²) in [6.45, 7) is 0.414. The van der Waals surface area contributed by atoms with Crippen LogP contribution in [0.15, 0.2) is 44.4 Å². The predicted molar refractivity (Wildman–Crippen MR) is 88.6 cm³/mol. The highest BCUT2D eigenvalue weighted by atomic mass is 79.9. The van der Waals surface area contributed by atoms with E-state index in [0.717, 1.165) is 18.4 Å². The molecular formula is C14H15BrN2O2S2.